The van der Waals surface area contributed by atoms with Crippen molar-refractivity contribution < 1.29 is 0 Å². The molecule has 6 nitrogen and oxygen atoms in total. The van der Waals surface area contributed by atoms with Crippen LogP contribution in [0, 0.1) is 11.3 Å². The highest BCUT2D eigenvalue weighted by Crippen LogP contribution is 2.31. The molecule has 0 aliphatic carbocycles. The van der Waals surface area contributed by atoms with Gasteiger partial charge in [0.2, 0.25) is 0 Å². The zero-order valence-corrected chi connectivity index (χ0v) is 15.4. The standard InChI is InChI=1S/C22H20N6/c23-12-15-5-1-2-6-16(15)14-7-8-17-18(11-14)25-22(24)21-20(17)26-19(27-21)13-28-9-3-4-10-28/h1-2,5-8,11H,3-4,9-10,13H2,(H2,24,25)(H,26,27). The molecule has 0 saturated carbocycles. The average molecular weight is 368 g/mol. The van der Waals surface area contributed by atoms with Gasteiger partial charge in [-0.25, -0.2) is 9.97 Å². The molecule has 6 heteroatoms. The van der Waals surface area contributed by atoms with Crippen LogP contribution >= 0.6 is 0 Å². The molecule has 3 heterocycles. The highest BCUT2D eigenvalue weighted by molar-refractivity contribution is 6.07. The van der Waals surface area contributed by atoms with Crippen LogP contribution in [0.1, 0.15) is 24.2 Å². The summed E-state index contributed by atoms with van der Waals surface area (Å²) in [7, 11) is 0. The molecule has 0 unspecified atom stereocenters. The van der Waals surface area contributed by atoms with Crippen LogP contribution in [0.25, 0.3) is 33.1 Å². The van der Waals surface area contributed by atoms with Gasteiger partial charge in [-0.15, -0.1) is 0 Å². The van der Waals surface area contributed by atoms with E-state index in [-0.39, 0.29) is 0 Å². The van der Waals surface area contributed by atoms with Crippen molar-refractivity contribution in [2.24, 2.45) is 0 Å². The zero-order chi connectivity index (χ0) is 19.1. The third-order valence-electron chi connectivity index (χ3n) is 5.43. The highest BCUT2D eigenvalue weighted by atomic mass is 15.2. The Morgan fingerprint density at radius 1 is 1.11 bits per heavy atom. The first-order chi connectivity index (χ1) is 13.7. The van der Waals surface area contributed by atoms with Gasteiger partial charge < -0.3 is 10.7 Å². The van der Waals surface area contributed by atoms with Crippen LogP contribution in [0.5, 0.6) is 0 Å². The summed E-state index contributed by atoms with van der Waals surface area (Å²) >= 11 is 0. The molecule has 138 valence electrons. The summed E-state index contributed by atoms with van der Waals surface area (Å²) < 4.78 is 0. The monoisotopic (exact) mass is 368 g/mol. The molecule has 1 saturated heterocycles. The van der Waals surface area contributed by atoms with Gasteiger partial charge in [-0.05, 0) is 49.2 Å². The second kappa shape index (κ2) is 6.63. The van der Waals surface area contributed by atoms with E-state index >= 15 is 0 Å². The number of nitrogen functional groups attached to an aromatic ring is 1. The van der Waals surface area contributed by atoms with E-state index in [2.05, 4.69) is 20.9 Å². The third-order valence-corrected chi connectivity index (χ3v) is 5.43. The van der Waals surface area contributed by atoms with Crippen LogP contribution in [-0.2, 0) is 6.54 Å². The normalized spacial score (nSPS) is 14.7. The number of aromatic amines is 1. The van der Waals surface area contributed by atoms with E-state index < -0.39 is 0 Å². The number of rotatable bonds is 3. The van der Waals surface area contributed by atoms with Crippen LogP contribution in [0.3, 0.4) is 0 Å². The number of benzene rings is 2. The van der Waals surface area contributed by atoms with Gasteiger partial charge in [0.05, 0.1) is 29.2 Å². The average Bonchev–Trinajstić information content (AvgIpc) is 3.38. The van der Waals surface area contributed by atoms with Crippen LogP contribution in [-0.4, -0.2) is 32.9 Å². The number of nitrogens with zero attached hydrogens (tertiary/aromatic N) is 4. The van der Waals surface area contributed by atoms with Gasteiger partial charge in [-0.2, -0.15) is 5.26 Å². The second-order valence-electron chi connectivity index (χ2n) is 7.28. The van der Waals surface area contributed by atoms with E-state index in [1.807, 2.05) is 42.5 Å². The Bertz CT molecular complexity index is 1230. The van der Waals surface area contributed by atoms with Crippen molar-refractivity contribution in [1.82, 2.24) is 19.9 Å². The largest absolute Gasteiger partial charge is 0.382 e. The summed E-state index contributed by atoms with van der Waals surface area (Å²) in [6, 6.07) is 15.9. The Kier molecular flexibility index (Phi) is 3.96. The minimum Gasteiger partial charge on any atom is -0.382 e. The van der Waals surface area contributed by atoms with Gasteiger partial charge >= 0.3 is 0 Å². The van der Waals surface area contributed by atoms with Gasteiger partial charge in [0.15, 0.2) is 5.82 Å². The van der Waals surface area contributed by atoms with E-state index in [9.17, 15) is 5.26 Å². The maximum atomic E-state index is 9.40. The summed E-state index contributed by atoms with van der Waals surface area (Å²) in [5.74, 6) is 1.36. The Hall–Kier alpha value is -3.43. The quantitative estimate of drug-likeness (QED) is 0.573. The van der Waals surface area contributed by atoms with Crippen molar-refractivity contribution in [3.8, 4) is 17.2 Å². The predicted molar refractivity (Wildman–Crippen MR) is 110 cm³/mol. The summed E-state index contributed by atoms with van der Waals surface area (Å²) in [5.41, 5.74) is 11.2. The molecular weight excluding hydrogens is 348 g/mol. The van der Waals surface area contributed by atoms with E-state index in [4.69, 9.17) is 10.7 Å². The Balaban J connectivity index is 1.62. The number of likely N-dealkylation sites (tertiary alicyclic amines) is 1. The molecule has 3 N–H and O–H groups in total. The number of fused-ring (bicyclic) bond motifs is 3. The van der Waals surface area contributed by atoms with Crippen molar-refractivity contribution in [3.05, 3.63) is 53.9 Å². The van der Waals surface area contributed by atoms with E-state index in [1.54, 1.807) is 0 Å². The Labute approximate surface area is 162 Å². The second-order valence-corrected chi connectivity index (χ2v) is 7.28. The number of hydrogen-bond donors (Lipinski definition) is 2. The molecule has 0 spiro atoms. The van der Waals surface area contributed by atoms with Crippen LogP contribution in [0.4, 0.5) is 5.82 Å². The smallest absolute Gasteiger partial charge is 0.152 e. The SMILES string of the molecule is N#Cc1ccccc1-c1ccc2c(c1)nc(N)c1nc(CN3CCCC3)[nH]c12. The molecule has 0 radical (unpaired) electrons. The number of anilines is 1. The van der Waals surface area contributed by atoms with Gasteiger partial charge in [0.25, 0.3) is 0 Å². The molecule has 5 rings (SSSR count). The number of hydrogen-bond acceptors (Lipinski definition) is 5. The van der Waals surface area contributed by atoms with Crippen molar-refractivity contribution in [1.29, 1.82) is 5.26 Å². The molecule has 0 bridgehead atoms. The Morgan fingerprint density at radius 3 is 2.75 bits per heavy atom. The number of imidazole rings is 1. The molecule has 4 aromatic rings. The van der Waals surface area contributed by atoms with Crippen LogP contribution < -0.4 is 5.73 Å². The van der Waals surface area contributed by atoms with Crippen LogP contribution in [0.2, 0.25) is 0 Å². The summed E-state index contributed by atoms with van der Waals surface area (Å²) in [4.78, 5) is 15.2. The fraction of sp³-hybridized carbons (Fsp3) is 0.227. The third kappa shape index (κ3) is 2.77. The van der Waals surface area contributed by atoms with Crippen LogP contribution in [0.15, 0.2) is 42.5 Å². The summed E-state index contributed by atoms with van der Waals surface area (Å²) in [6.07, 6.45) is 2.50. The molecular formula is C22H20N6. The van der Waals surface area contributed by atoms with Gasteiger partial charge in [0.1, 0.15) is 11.3 Å². The number of pyridine rings is 1. The van der Waals surface area contributed by atoms with Gasteiger partial charge in [-0.1, -0.05) is 30.3 Å². The lowest BCUT2D eigenvalue weighted by Crippen LogP contribution is -2.19. The number of nitriles is 1. The molecule has 1 aliphatic heterocycles. The molecule has 2 aromatic heterocycles. The molecule has 0 amide bonds. The minimum atomic E-state index is 0.428. The molecule has 2 aromatic carbocycles. The fourth-order valence-electron chi connectivity index (χ4n) is 4.05. The van der Waals surface area contributed by atoms with Crippen molar-refractivity contribution in [3.63, 3.8) is 0 Å². The van der Waals surface area contributed by atoms with Crippen molar-refractivity contribution >= 4 is 27.8 Å². The molecule has 1 fully saturated rings. The molecule has 28 heavy (non-hydrogen) atoms. The van der Waals surface area contributed by atoms with E-state index in [0.29, 0.717) is 11.4 Å². The lowest BCUT2D eigenvalue weighted by atomic mass is 9.99. The first kappa shape index (κ1) is 16.7. The number of aromatic nitrogens is 3. The van der Waals surface area contributed by atoms with Crippen molar-refractivity contribution in [2.75, 3.05) is 18.8 Å². The maximum Gasteiger partial charge on any atom is 0.152 e. The van der Waals surface area contributed by atoms with E-state index in [0.717, 1.165) is 58.5 Å². The van der Waals surface area contributed by atoms with Gasteiger partial charge in [0, 0.05) is 5.39 Å². The van der Waals surface area contributed by atoms with Crippen molar-refractivity contribution in [2.45, 2.75) is 19.4 Å². The first-order valence-corrected chi connectivity index (χ1v) is 9.52. The maximum absolute atomic E-state index is 9.40. The summed E-state index contributed by atoms with van der Waals surface area (Å²) in [6.45, 7) is 3.05. The minimum absolute atomic E-state index is 0.428. The number of nitrogens with two attached hydrogens (primary N) is 1. The lowest BCUT2D eigenvalue weighted by Gasteiger charge is -2.11. The van der Waals surface area contributed by atoms with E-state index in [1.165, 1.54) is 12.8 Å². The summed E-state index contributed by atoms with van der Waals surface area (Å²) in [5, 5.41) is 10.4. The molecule has 0 atom stereocenters. The number of H-pyrrole nitrogens is 1. The highest BCUT2D eigenvalue weighted by Gasteiger charge is 2.17. The predicted octanol–water partition coefficient (Wildman–Crippen LogP) is 3.83. The fourth-order valence-corrected chi connectivity index (χ4v) is 4.05. The topological polar surface area (TPSA) is 94.6 Å². The molecule has 1 aliphatic rings. The Morgan fingerprint density at radius 2 is 1.93 bits per heavy atom. The zero-order valence-electron chi connectivity index (χ0n) is 15.4. The van der Waals surface area contributed by atoms with Gasteiger partial charge in [-0.3, -0.25) is 4.90 Å². The number of nitrogens with one attached hydrogen (secondary N) is 1. The lowest BCUT2D eigenvalue weighted by molar-refractivity contribution is 0.324. The first-order valence-electron chi connectivity index (χ1n) is 9.52.